The molecule has 0 fully saturated rings. The molecule has 27 heavy (non-hydrogen) atoms. The van der Waals surface area contributed by atoms with Gasteiger partial charge in [-0.2, -0.15) is 0 Å². The fourth-order valence-corrected chi connectivity index (χ4v) is 3.26. The second-order valence-corrected chi connectivity index (χ2v) is 7.38. The van der Waals surface area contributed by atoms with Crippen molar-refractivity contribution in [3.05, 3.63) is 83.8 Å². The van der Waals surface area contributed by atoms with Gasteiger partial charge >= 0.3 is 0 Å². The van der Waals surface area contributed by atoms with Crippen LogP contribution in [0.2, 0.25) is 0 Å². The van der Waals surface area contributed by atoms with E-state index in [4.69, 9.17) is 0 Å². The molecule has 3 rings (SSSR count). The Bertz CT molecular complexity index is 1070. The van der Waals surface area contributed by atoms with Crippen LogP contribution in [0.3, 0.4) is 0 Å². The van der Waals surface area contributed by atoms with Crippen LogP contribution in [0.15, 0.2) is 71.9 Å². The van der Waals surface area contributed by atoms with Crippen LogP contribution in [0.25, 0.3) is 11.1 Å². The molecule has 8 heteroatoms. The zero-order valence-corrected chi connectivity index (χ0v) is 15.1. The smallest absolute Gasteiger partial charge is 0.273 e. The van der Waals surface area contributed by atoms with Gasteiger partial charge in [-0.25, -0.2) is 17.8 Å². The maximum Gasteiger partial charge on any atom is 0.274 e. The monoisotopic (exact) mass is 385 g/mol. The minimum Gasteiger partial charge on any atom is -0.273 e. The molecule has 2 N–H and O–H groups in total. The second kappa shape index (κ2) is 7.65. The van der Waals surface area contributed by atoms with E-state index in [1.54, 1.807) is 12.1 Å². The summed E-state index contributed by atoms with van der Waals surface area (Å²) < 4.78 is 38.7. The molecule has 0 radical (unpaired) electrons. The highest BCUT2D eigenvalue weighted by atomic mass is 32.2. The topological polar surface area (TPSA) is 88.2 Å². The fraction of sp³-hybridized carbons (Fsp3) is 0.0526. The average molecular weight is 385 g/mol. The first kappa shape index (κ1) is 18.7. The number of hydrogen-bond donors (Lipinski definition) is 2. The van der Waals surface area contributed by atoms with E-state index in [2.05, 4.69) is 4.98 Å². The van der Waals surface area contributed by atoms with Gasteiger partial charge in [-0.1, -0.05) is 36.4 Å². The summed E-state index contributed by atoms with van der Waals surface area (Å²) in [5.74, 6) is -1.63. The van der Waals surface area contributed by atoms with E-state index in [0.29, 0.717) is 5.56 Å². The number of aryl methyl sites for hydroxylation is 1. The Morgan fingerprint density at radius 2 is 1.70 bits per heavy atom. The lowest BCUT2D eigenvalue weighted by molar-refractivity contribution is 0.0941. The van der Waals surface area contributed by atoms with Crippen LogP contribution in [0.4, 0.5) is 4.39 Å². The van der Waals surface area contributed by atoms with Crippen LogP contribution in [-0.4, -0.2) is 19.3 Å². The molecule has 0 bridgehead atoms. The van der Waals surface area contributed by atoms with Crippen LogP contribution < -0.4 is 10.3 Å². The van der Waals surface area contributed by atoms with Crippen molar-refractivity contribution < 1.29 is 17.6 Å². The van der Waals surface area contributed by atoms with Crippen molar-refractivity contribution in [2.45, 2.75) is 11.9 Å². The highest BCUT2D eigenvalue weighted by molar-refractivity contribution is 7.89. The van der Waals surface area contributed by atoms with Crippen molar-refractivity contribution in [3.8, 4) is 11.1 Å². The van der Waals surface area contributed by atoms with Crippen molar-refractivity contribution in [1.82, 2.24) is 15.2 Å². The number of halogens is 1. The number of sulfonamides is 1. The lowest BCUT2D eigenvalue weighted by atomic mass is 9.99. The SMILES string of the molecule is Cc1cc(-c2ccccc2)cc(C(=O)NNS(=O)(=O)c2ccccn2)c1F. The van der Waals surface area contributed by atoms with E-state index in [0.717, 1.165) is 5.56 Å². The van der Waals surface area contributed by atoms with Crippen molar-refractivity contribution in [1.29, 1.82) is 0 Å². The van der Waals surface area contributed by atoms with E-state index in [1.807, 2.05) is 40.6 Å². The van der Waals surface area contributed by atoms with Gasteiger partial charge in [0.1, 0.15) is 5.82 Å². The first-order valence-electron chi connectivity index (χ1n) is 7.97. The Kier molecular flexibility index (Phi) is 5.29. The zero-order valence-electron chi connectivity index (χ0n) is 14.3. The Balaban J connectivity index is 1.86. The summed E-state index contributed by atoms with van der Waals surface area (Å²) >= 11 is 0. The van der Waals surface area contributed by atoms with E-state index < -0.39 is 21.7 Å². The lowest BCUT2D eigenvalue weighted by Crippen LogP contribution is -2.42. The van der Waals surface area contributed by atoms with E-state index in [-0.39, 0.29) is 16.2 Å². The third kappa shape index (κ3) is 4.18. The van der Waals surface area contributed by atoms with Crippen LogP contribution in [-0.2, 0) is 10.0 Å². The third-order valence-electron chi connectivity index (χ3n) is 3.82. The molecule has 1 amide bonds. The number of hydrazine groups is 1. The van der Waals surface area contributed by atoms with Gasteiger partial charge in [-0.05, 0) is 47.9 Å². The maximum atomic E-state index is 14.4. The zero-order chi connectivity index (χ0) is 19.4. The standard InChI is InChI=1S/C19H16FN3O3S/c1-13-11-15(14-7-3-2-4-8-14)12-16(18(13)20)19(24)22-23-27(25,26)17-9-5-6-10-21-17/h2-12,23H,1H3,(H,22,24). The van der Waals surface area contributed by atoms with Gasteiger partial charge in [0.25, 0.3) is 15.9 Å². The number of amides is 1. The Morgan fingerprint density at radius 1 is 1.00 bits per heavy atom. The van der Waals surface area contributed by atoms with Crippen molar-refractivity contribution in [3.63, 3.8) is 0 Å². The van der Waals surface area contributed by atoms with Crippen molar-refractivity contribution >= 4 is 15.9 Å². The van der Waals surface area contributed by atoms with Gasteiger partial charge < -0.3 is 0 Å². The quantitative estimate of drug-likeness (QED) is 0.661. The normalized spacial score (nSPS) is 11.2. The summed E-state index contributed by atoms with van der Waals surface area (Å²) in [7, 11) is -4.06. The fourth-order valence-electron chi connectivity index (χ4n) is 2.47. The average Bonchev–Trinajstić information content (AvgIpc) is 2.69. The molecular formula is C19H16FN3O3S. The van der Waals surface area contributed by atoms with Crippen molar-refractivity contribution in [2.75, 3.05) is 0 Å². The molecule has 138 valence electrons. The third-order valence-corrected chi connectivity index (χ3v) is 4.98. The molecule has 0 aliphatic carbocycles. The van der Waals surface area contributed by atoms with Crippen LogP contribution >= 0.6 is 0 Å². The first-order chi connectivity index (χ1) is 12.9. The van der Waals surface area contributed by atoms with Gasteiger partial charge in [0, 0.05) is 6.20 Å². The molecule has 1 aromatic heterocycles. The van der Waals surface area contributed by atoms with Gasteiger partial charge in [0.15, 0.2) is 5.03 Å². The minimum atomic E-state index is -4.06. The minimum absolute atomic E-state index is 0.264. The van der Waals surface area contributed by atoms with E-state index >= 15 is 0 Å². The summed E-state index contributed by atoms with van der Waals surface area (Å²) in [6.07, 6.45) is 1.31. The van der Waals surface area contributed by atoms with Gasteiger partial charge in [0.2, 0.25) is 0 Å². The highest BCUT2D eigenvalue weighted by Crippen LogP contribution is 2.24. The molecule has 1 heterocycles. The molecular weight excluding hydrogens is 369 g/mol. The molecule has 0 unspecified atom stereocenters. The molecule has 0 aliphatic heterocycles. The summed E-state index contributed by atoms with van der Waals surface area (Å²) in [5.41, 5.74) is 3.49. The van der Waals surface area contributed by atoms with Gasteiger partial charge in [-0.15, -0.1) is 4.83 Å². The predicted octanol–water partition coefficient (Wildman–Crippen LogP) is 2.82. The summed E-state index contributed by atoms with van der Waals surface area (Å²) in [4.78, 5) is 18.0. The number of nitrogens with one attached hydrogen (secondary N) is 2. The Morgan fingerprint density at radius 3 is 2.37 bits per heavy atom. The van der Waals surface area contributed by atoms with Gasteiger partial charge in [-0.3, -0.25) is 10.2 Å². The molecule has 2 aromatic carbocycles. The number of aromatic nitrogens is 1. The summed E-state index contributed by atoms with van der Waals surface area (Å²) in [6, 6.07) is 16.5. The lowest BCUT2D eigenvalue weighted by Gasteiger charge is -2.11. The Hall–Kier alpha value is -3.10. The molecule has 0 aliphatic rings. The van der Waals surface area contributed by atoms with E-state index in [1.165, 1.54) is 31.3 Å². The van der Waals surface area contributed by atoms with Crippen LogP contribution in [0, 0.1) is 12.7 Å². The molecule has 0 atom stereocenters. The van der Waals surface area contributed by atoms with Crippen LogP contribution in [0.1, 0.15) is 15.9 Å². The second-order valence-electron chi connectivity index (χ2n) is 5.75. The molecule has 6 nitrogen and oxygen atoms in total. The molecule has 0 spiro atoms. The summed E-state index contributed by atoms with van der Waals surface area (Å²) in [6.45, 7) is 1.54. The number of carbonyl (C=O) groups is 1. The predicted molar refractivity (Wildman–Crippen MR) is 98.6 cm³/mol. The largest absolute Gasteiger partial charge is 0.274 e. The van der Waals surface area contributed by atoms with Crippen molar-refractivity contribution in [2.24, 2.45) is 0 Å². The molecule has 3 aromatic rings. The van der Waals surface area contributed by atoms with Crippen LogP contribution in [0.5, 0.6) is 0 Å². The number of pyridine rings is 1. The molecule has 0 saturated heterocycles. The Labute approximate surface area is 156 Å². The maximum absolute atomic E-state index is 14.4. The number of hydrogen-bond acceptors (Lipinski definition) is 4. The molecule has 0 saturated carbocycles. The van der Waals surface area contributed by atoms with Gasteiger partial charge in [0.05, 0.1) is 5.56 Å². The number of benzene rings is 2. The highest BCUT2D eigenvalue weighted by Gasteiger charge is 2.20. The summed E-state index contributed by atoms with van der Waals surface area (Å²) in [5, 5.41) is -0.264. The number of rotatable bonds is 5. The number of nitrogens with zero attached hydrogens (tertiary/aromatic N) is 1. The number of carbonyl (C=O) groups excluding carboxylic acids is 1. The van der Waals surface area contributed by atoms with E-state index in [9.17, 15) is 17.6 Å². The first-order valence-corrected chi connectivity index (χ1v) is 9.45.